The molecule has 0 saturated carbocycles. The minimum absolute atomic E-state index is 0.133. The Morgan fingerprint density at radius 3 is 2.40 bits per heavy atom. The molecule has 0 spiro atoms. The van der Waals surface area contributed by atoms with Crippen LogP contribution in [0, 0.1) is 0 Å². The van der Waals surface area contributed by atoms with Crippen LogP contribution in [-0.2, 0) is 11.3 Å². The van der Waals surface area contributed by atoms with E-state index in [-0.39, 0.29) is 6.54 Å². The number of aliphatic hydroxyl groups is 1. The van der Waals surface area contributed by atoms with Crippen LogP contribution in [0.2, 0.25) is 0 Å². The molecule has 0 aromatic heterocycles. The first-order chi connectivity index (χ1) is 9.28. The first-order valence-electron chi connectivity index (χ1n) is 5.99. The van der Waals surface area contributed by atoms with Crippen molar-refractivity contribution in [3.05, 3.63) is 34.3 Å². The number of benzene rings is 1. The van der Waals surface area contributed by atoms with Crippen LogP contribution in [-0.4, -0.2) is 34.4 Å². The summed E-state index contributed by atoms with van der Waals surface area (Å²) in [4.78, 5) is 22.0. The van der Waals surface area contributed by atoms with Gasteiger partial charge in [0.15, 0.2) is 0 Å². The molecule has 1 rings (SSSR count). The SMILES string of the molecule is CC(O)(CNC(=O)NCc1ccc(Br)cc1)CC(=O)O. The maximum atomic E-state index is 11.5. The Morgan fingerprint density at radius 2 is 1.85 bits per heavy atom. The number of carboxylic acid groups (broad SMARTS) is 1. The highest BCUT2D eigenvalue weighted by Gasteiger charge is 2.24. The molecule has 0 fully saturated rings. The van der Waals surface area contributed by atoms with Gasteiger partial charge in [-0.05, 0) is 24.6 Å². The highest BCUT2D eigenvalue weighted by molar-refractivity contribution is 9.10. The molecule has 7 heteroatoms. The van der Waals surface area contributed by atoms with E-state index in [1.807, 2.05) is 24.3 Å². The Balaban J connectivity index is 2.33. The molecule has 0 heterocycles. The molecule has 0 bridgehead atoms. The van der Waals surface area contributed by atoms with Crippen molar-refractivity contribution in [2.24, 2.45) is 0 Å². The predicted octanol–water partition coefficient (Wildman–Crippen LogP) is 1.47. The van der Waals surface area contributed by atoms with E-state index in [9.17, 15) is 14.7 Å². The number of aliphatic carboxylic acids is 1. The first-order valence-corrected chi connectivity index (χ1v) is 6.78. The average Bonchev–Trinajstić information content (AvgIpc) is 2.34. The lowest BCUT2D eigenvalue weighted by molar-refractivity contribution is -0.141. The van der Waals surface area contributed by atoms with E-state index in [1.165, 1.54) is 6.92 Å². The molecule has 1 atom stereocenters. The lowest BCUT2D eigenvalue weighted by Gasteiger charge is -2.21. The quantitative estimate of drug-likeness (QED) is 0.628. The van der Waals surface area contributed by atoms with Gasteiger partial charge in [0.1, 0.15) is 0 Å². The molecule has 4 N–H and O–H groups in total. The van der Waals surface area contributed by atoms with Gasteiger partial charge in [0.05, 0.1) is 12.0 Å². The van der Waals surface area contributed by atoms with Crippen LogP contribution in [0.25, 0.3) is 0 Å². The zero-order valence-corrected chi connectivity index (χ0v) is 12.6. The van der Waals surface area contributed by atoms with Gasteiger partial charge in [0, 0.05) is 17.6 Å². The molecule has 1 unspecified atom stereocenters. The van der Waals surface area contributed by atoms with Crippen molar-refractivity contribution in [3.8, 4) is 0 Å². The zero-order chi connectivity index (χ0) is 15.2. The second-order valence-electron chi connectivity index (χ2n) is 4.73. The van der Waals surface area contributed by atoms with Crippen molar-refractivity contribution in [2.45, 2.75) is 25.5 Å². The molecule has 0 radical (unpaired) electrons. The summed E-state index contributed by atoms with van der Waals surface area (Å²) in [6, 6.07) is 7.01. The van der Waals surface area contributed by atoms with Crippen LogP contribution >= 0.6 is 15.9 Å². The molecule has 0 aliphatic rings. The summed E-state index contributed by atoms with van der Waals surface area (Å²) >= 11 is 3.32. The highest BCUT2D eigenvalue weighted by atomic mass is 79.9. The maximum Gasteiger partial charge on any atom is 0.315 e. The number of carbonyl (C=O) groups excluding carboxylic acids is 1. The number of hydrogen-bond acceptors (Lipinski definition) is 3. The Morgan fingerprint density at radius 1 is 1.25 bits per heavy atom. The molecule has 6 nitrogen and oxygen atoms in total. The molecular formula is C13H17BrN2O4. The molecular weight excluding hydrogens is 328 g/mol. The highest BCUT2D eigenvalue weighted by Crippen LogP contribution is 2.10. The molecule has 0 aliphatic heterocycles. The third-order valence-electron chi connectivity index (χ3n) is 2.53. The second kappa shape index (κ2) is 7.25. The van der Waals surface area contributed by atoms with Crippen LogP contribution < -0.4 is 10.6 Å². The van der Waals surface area contributed by atoms with Gasteiger partial charge < -0.3 is 20.8 Å². The van der Waals surface area contributed by atoms with Crippen molar-refractivity contribution in [3.63, 3.8) is 0 Å². The Hall–Kier alpha value is -1.60. The lowest BCUT2D eigenvalue weighted by Crippen LogP contribution is -2.45. The number of amides is 2. The maximum absolute atomic E-state index is 11.5. The normalized spacial score (nSPS) is 13.3. The van der Waals surface area contributed by atoms with Crippen molar-refractivity contribution >= 4 is 27.9 Å². The molecule has 1 aromatic rings. The third kappa shape index (κ3) is 6.53. The molecule has 0 aliphatic carbocycles. The fourth-order valence-electron chi connectivity index (χ4n) is 1.51. The van der Waals surface area contributed by atoms with Crippen LogP contribution in [0.4, 0.5) is 4.79 Å². The minimum atomic E-state index is -1.47. The average molecular weight is 345 g/mol. The second-order valence-corrected chi connectivity index (χ2v) is 5.65. The summed E-state index contributed by atoms with van der Waals surface area (Å²) in [5, 5.41) is 23.4. The fraction of sp³-hybridized carbons (Fsp3) is 0.385. The van der Waals surface area contributed by atoms with Gasteiger partial charge >= 0.3 is 12.0 Å². The van der Waals surface area contributed by atoms with E-state index in [2.05, 4.69) is 26.6 Å². The number of rotatable bonds is 6. The Labute approximate surface area is 125 Å². The van der Waals surface area contributed by atoms with E-state index in [4.69, 9.17) is 5.11 Å². The zero-order valence-electron chi connectivity index (χ0n) is 11.0. The summed E-state index contributed by atoms with van der Waals surface area (Å²) in [6.07, 6.45) is -0.431. The molecule has 0 saturated heterocycles. The van der Waals surface area contributed by atoms with Crippen molar-refractivity contribution in [2.75, 3.05) is 6.54 Å². The van der Waals surface area contributed by atoms with Crippen molar-refractivity contribution < 1.29 is 19.8 Å². The van der Waals surface area contributed by atoms with Crippen molar-refractivity contribution in [1.29, 1.82) is 0 Å². The van der Waals surface area contributed by atoms with E-state index in [1.54, 1.807) is 0 Å². The van der Waals surface area contributed by atoms with Gasteiger partial charge in [-0.15, -0.1) is 0 Å². The fourth-order valence-corrected chi connectivity index (χ4v) is 1.77. The predicted molar refractivity (Wildman–Crippen MR) is 77.3 cm³/mol. The monoisotopic (exact) mass is 344 g/mol. The van der Waals surface area contributed by atoms with Gasteiger partial charge in [-0.2, -0.15) is 0 Å². The first kappa shape index (κ1) is 16.5. The standard InChI is InChI=1S/C13H17BrN2O4/c1-13(20,6-11(17)18)8-16-12(19)15-7-9-2-4-10(14)5-3-9/h2-5,20H,6-8H2,1H3,(H,17,18)(H2,15,16,19). The third-order valence-corrected chi connectivity index (χ3v) is 3.06. The van der Waals surface area contributed by atoms with Crippen molar-refractivity contribution in [1.82, 2.24) is 10.6 Å². The Kier molecular flexibility index (Phi) is 5.97. The number of hydrogen-bond donors (Lipinski definition) is 4. The number of carboxylic acids is 1. The topological polar surface area (TPSA) is 98.7 Å². The smallest absolute Gasteiger partial charge is 0.315 e. The largest absolute Gasteiger partial charge is 0.481 e. The Bertz CT molecular complexity index is 474. The molecule has 110 valence electrons. The molecule has 20 heavy (non-hydrogen) atoms. The summed E-state index contributed by atoms with van der Waals surface area (Å²) in [5.74, 6) is -1.12. The van der Waals surface area contributed by atoms with Gasteiger partial charge in [-0.1, -0.05) is 28.1 Å². The number of urea groups is 1. The number of nitrogens with one attached hydrogen (secondary N) is 2. The molecule has 2 amide bonds. The van der Waals surface area contributed by atoms with E-state index in [0.717, 1.165) is 10.0 Å². The van der Waals surface area contributed by atoms with Gasteiger partial charge in [-0.25, -0.2) is 4.79 Å². The van der Waals surface area contributed by atoms with Gasteiger partial charge in [-0.3, -0.25) is 4.79 Å². The van der Waals surface area contributed by atoms with E-state index >= 15 is 0 Å². The van der Waals surface area contributed by atoms with E-state index < -0.39 is 24.0 Å². The van der Waals surface area contributed by atoms with Crippen LogP contribution in [0.15, 0.2) is 28.7 Å². The van der Waals surface area contributed by atoms with Gasteiger partial charge in [0.2, 0.25) is 0 Å². The van der Waals surface area contributed by atoms with Crippen LogP contribution in [0.3, 0.4) is 0 Å². The number of halogens is 1. The van der Waals surface area contributed by atoms with Crippen LogP contribution in [0.1, 0.15) is 18.9 Å². The molecule has 1 aromatic carbocycles. The number of carbonyl (C=O) groups is 2. The van der Waals surface area contributed by atoms with Crippen LogP contribution in [0.5, 0.6) is 0 Å². The summed E-state index contributed by atoms with van der Waals surface area (Å²) < 4.78 is 0.954. The summed E-state index contributed by atoms with van der Waals surface area (Å²) in [7, 11) is 0. The minimum Gasteiger partial charge on any atom is -0.481 e. The van der Waals surface area contributed by atoms with Gasteiger partial charge in [0.25, 0.3) is 0 Å². The summed E-state index contributed by atoms with van der Waals surface area (Å²) in [6.45, 7) is 1.57. The summed E-state index contributed by atoms with van der Waals surface area (Å²) in [5.41, 5.74) is -0.540. The lowest BCUT2D eigenvalue weighted by atomic mass is 10.0. The van der Waals surface area contributed by atoms with E-state index in [0.29, 0.717) is 6.54 Å².